The van der Waals surface area contributed by atoms with Gasteiger partial charge in [-0.15, -0.1) is 0 Å². The van der Waals surface area contributed by atoms with Crippen molar-refractivity contribution in [2.45, 2.75) is 0 Å². The van der Waals surface area contributed by atoms with Gasteiger partial charge in [-0.2, -0.15) is 0 Å². The van der Waals surface area contributed by atoms with E-state index >= 15 is 0 Å². The molecule has 0 bridgehead atoms. The Morgan fingerprint density at radius 2 is 1.74 bits per heavy atom. The number of nitrogens with one attached hydrogen (secondary N) is 1. The van der Waals surface area contributed by atoms with Gasteiger partial charge in [-0.3, -0.25) is 0 Å². The summed E-state index contributed by atoms with van der Waals surface area (Å²) in [6.45, 7) is 0. The number of nitrogen functional groups attached to an aromatic ring is 1. The second kappa shape index (κ2) is 4.20. The van der Waals surface area contributed by atoms with E-state index in [2.05, 4.69) is 20.3 Å². The predicted octanol–water partition coefficient (Wildman–Crippen LogP) is 2.83. The molecule has 0 spiro atoms. The molecule has 1 aromatic heterocycles. The Morgan fingerprint density at radius 1 is 1.00 bits per heavy atom. The Kier molecular flexibility index (Phi) is 2.52. The zero-order valence-corrected chi connectivity index (χ0v) is 9.52. The van der Waals surface area contributed by atoms with Crippen molar-refractivity contribution >= 4 is 28.1 Å². The lowest BCUT2D eigenvalue weighted by Gasteiger charge is -2.08. The fourth-order valence-electron chi connectivity index (χ4n) is 1.72. The second-order valence-electron chi connectivity index (χ2n) is 3.91. The number of nitrogens with zero attached hydrogens (tertiary/aromatic N) is 2. The lowest BCUT2D eigenvalue weighted by atomic mass is 10.2. The maximum atomic E-state index is 13.6. The zero-order chi connectivity index (χ0) is 13.4. The van der Waals surface area contributed by atoms with Gasteiger partial charge in [-0.25, -0.2) is 13.4 Å². The van der Waals surface area contributed by atoms with E-state index in [1.165, 1.54) is 6.07 Å². The van der Waals surface area contributed by atoms with E-state index < -0.39 is 11.6 Å². The molecule has 0 fully saturated rings. The molecule has 0 saturated carbocycles. The molecule has 0 atom stereocenters. The summed E-state index contributed by atoms with van der Waals surface area (Å²) in [5, 5.41) is 10.1. The van der Waals surface area contributed by atoms with Crippen molar-refractivity contribution in [2.75, 3.05) is 11.1 Å². The first kappa shape index (κ1) is 11.4. The van der Waals surface area contributed by atoms with Crippen LogP contribution in [0.15, 0.2) is 35.0 Å². The van der Waals surface area contributed by atoms with Gasteiger partial charge in [0.15, 0.2) is 11.0 Å². The summed E-state index contributed by atoms with van der Waals surface area (Å²) in [6.07, 6.45) is 0. The zero-order valence-electron chi connectivity index (χ0n) is 9.52. The smallest absolute Gasteiger partial charge is 0.160 e. The van der Waals surface area contributed by atoms with Crippen molar-refractivity contribution in [1.29, 1.82) is 0 Å². The molecule has 5 nitrogen and oxygen atoms in total. The van der Waals surface area contributed by atoms with Gasteiger partial charge in [0.05, 0.1) is 17.1 Å². The van der Waals surface area contributed by atoms with Crippen molar-refractivity contribution in [3.05, 3.63) is 42.0 Å². The Balaban J connectivity index is 2.06. The van der Waals surface area contributed by atoms with Gasteiger partial charge in [0, 0.05) is 6.07 Å². The van der Waals surface area contributed by atoms with Crippen molar-refractivity contribution in [3.8, 4) is 0 Å². The number of hydrogen-bond acceptors (Lipinski definition) is 5. The van der Waals surface area contributed by atoms with E-state index in [9.17, 15) is 8.78 Å². The third-order valence-corrected chi connectivity index (χ3v) is 2.65. The highest BCUT2D eigenvalue weighted by atomic mass is 19.1. The van der Waals surface area contributed by atoms with Crippen molar-refractivity contribution in [2.24, 2.45) is 0 Å². The van der Waals surface area contributed by atoms with Gasteiger partial charge >= 0.3 is 0 Å². The molecule has 19 heavy (non-hydrogen) atoms. The topological polar surface area (TPSA) is 77.0 Å². The van der Waals surface area contributed by atoms with Crippen LogP contribution in [0, 0.1) is 11.6 Å². The average molecular weight is 262 g/mol. The summed E-state index contributed by atoms with van der Waals surface area (Å²) >= 11 is 0. The first-order chi connectivity index (χ1) is 9.15. The van der Waals surface area contributed by atoms with Crippen molar-refractivity contribution in [3.63, 3.8) is 0 Å². The van der Waals surface area contributed by atoms with Gasteiger partial charge < -0.3 is 11.1 Å². The predicted molar refractivity (Wildman–Crippen MR) is 65.9 cm³/mol. The van der Waals surface area contributed by atoms with E-state index in [4.69, 9.17) is 5.73 Å². The van der Waals surface area contributed by atoms with Crippen LogP contribution in [0.1, 0.15) is 0 Å². The number of halogens is 2. The molecule has 3 aromatic rings. The fraction of sp³-hybridized carbons (Fsp3) is 0. The van der Waals surface area contributed by atoms with Crippen molar-refractivity contribution < 1.29 is 13.4 Å². The van der Waals surface area contributed by atoms with E-state index in [1.807, 2.05) is 0 Å². The molecule has 96 valence electrons. The van der Waals surface area contributed by atoms with Crippen molar-refractivity contribution in [1.82, 2.24) is 10.3 Å². The molecule has 0 saturated heterocycles. The third kappa shape index (κ3) is 1.95. The largest absolute Gasteiger partial charge is 0.397 e. The first-order valence-electron chi connectivity index (χ1n) is 5.38. The molecule has 0 aliphatic rings. The molecule has 1 heterocycles. The number of fused-ring (bicyclic) bond motifs is 1. The number of anilines is 3. The molecule has 0 unspecified atom stereocenters. The van der Waals surface area contributed by atoms with Crippen LogP contribution in [0.5, 0.6) is 0 Å². The monoisotopic (exact) mass is 262 g/mol. The summed E-state index contributed by atoms with van der Waals surface area (Å²) in [5.41, 5.74) is 7.45. The average Bonchev–Trinajstić information content (AvgIpc) is 2.86. The van der Waals surface area contributed by atoms with Crippen LogP contribution in [0.25, 0.3) is 11.0 Å². The Labute approximate surface area is 106 Å². The van der Waals surface area contributed by atoms with Crippen LogP contribution in [0.3, 0.4) is 0 Å². The molecule has 3 rings (SSSR count). The van der Waals surface area contributed by atoms with Crippen LogP contribution in [-0.4, -0.2) is 10.3 Å². The minimum absolute atomic E-state index is 0.121. The highest BCUT2D eigenvalue weighted by molar-refractivity contribution is 5.96. The normalized spacial score (nSPS) is 10.8. The molecule has 0 aliphatic carbocycles. The number of nitrogens with two attached hydrogens (primary N) is 1. The van der Waals surface area contributed by atoms with Gasteiger partial charge in [-0.1, -0.05) is 0 Å². The summed E-state index contributed by atoms with van der Waals surface area (Å²) in [6, 6.07) is 6.44. The highest BCUT2D eigenvalue weighted by Crippen LogP contribution is 2.28. The summed E-state index contributed by atoms with van der Waals surface area (Å²) < 4.78 is 31.0. The molecule has 2 aromatic carbocycles. The Hall–Kier alpha value is -2.70. The third-order valence-electron chi connectivity index (χ3n) is 2.65. The van der Waals surface area contributed by atoms with Gasteiger partial charge in [0.25, 0.3) is 0 Å². The first-order valence-corrected chi connectivity index (χ1v) is 5.38. The maximum absolute atomic E-state index is 13.6. The van der Waals surface area contributed by atoms with Crippen LogP contribution in [0.2, 0.25) is 0 Å². The van der Waals surface area contributed by atoms with E-state index in [0.29, 0.717) is 22.4 Å². The molecule has 3 N–H and O–H groups in total. The lowest BCUT2D eigenvalue weighted by molar-refractivity contribution is 0.316. The van der Waals surface area contributed by atoms with Crippen LogP contribution in [-0.2, 0) is 0 Å². The Bertz CT molecular complexity index is 757. The molecular weight excluding hydrogens is 254 g/mol. The summed E-state index contributed by atoms with van der Waals surface area (Å²) in [4.78, 5) is 0. The van der Waals surface area contributed by atoms with Crippen LogP contribution < -0.4 is 11.1 Å². The summed E-state index contributed by atoms with van der Waals surface area (Å²) in [5.74, 6) is -1.35. The Morgan fingerprint density at radius 3 is 2.53 bits per heavy atom. The minimum Gasteiger partial charge on any atom is -0.397 e. The maximum Gasteiger partial charge on any atom is 0.160 e. The minimum atomic E-state index is -0.707. The lowest BCUT2D eigenvalue weighted by Crippen LogP contribution is -1.96. The number of benzene rings is 2. The fourth-order valence-corrected chi connectivity index (χ4v) is 1.72. The van der Waals surface area contributed by atoms with Gasteiger partial charge in [0.2, 0.25) is 0 Å². The standard InChI is InChI=1S/C12H8F2N4O/c13-6-1-3-9(7(14)5-6)16-10-4-2-8(15)11-12(10)18-19-17-11/h1-5,16H,15H2. The SMILES string of the molecule is Nc1ccc(Nc2ccc(F)cc2F)c2nonc12. The van der Waals surface area contributed by atoms with Gasteiger partial charge in [0.1, 0.15) is 11.6 Å². The molecule has 0 aliphatic heterocycles. The number of hydrogen-bond donors (Lipinski definition) is 2. The molecule has 7 heteroatoms. The van der Waals surface area contributed by atoms with E-state index in [-0.39, 0.29) is 5.69 Å². The van der Waals surface area contributed by atoms with Crippen LogP contribution >= 0.6 is 0 Å². The second-order valence-corrected chi connectivity index (χ2v) is 3.91. The number of rotatable bonds is 2. The summed E-state index contributed by atoms with van der Waals surface area (Å²) in [7, 11) is 0. The quantitative estimate of drug-likeness (QED) is 0.694. The van der Waals surface area contributed by atoms with E-state index in [1.54, 1.807) is 12.1 Å². The highest BCUT2D eigenvalue weighted by Gasteiger charge is 2.12. The molecule has 0 amide bonds. The molecular formula is C12H8F2N4O. The van der Waals surface area contributed by atoms with E-state index in [0.717, 1.165) is 12.1 Å². The van der Waals surface area contributed by atoms with Crippen LogP contribution in [0.4, 0.5) is 25.8 Å². The molecule has 0 radical (unpaired) electrons. The number of aromatic nitrogens is 2. The van der Waals surface area contributed by atoms with Gasteiger partial charge in [-0.05, 0) is 34.6 Å².